The smallest absolute Gasteiger partial charge is 0.00953 e. The predicted molar refractivity (Wildman–Crippen MR) is 76.4 cm³/mol. The Morgan fingerprint density at radius 2 is 1.94 bits per heavy atom. The van der Waals surface area contributed by atoms with Crippen molar-refractivity contribution >= 4 is 0 Å². The van der Waals surface area contributed by atoms with E-state index in [1.165, 1.54) is 25.8 Å². The summed E-state index contributed by atoms with van der Waals surface area (Å²) in [6.07, 6.45) is 4.08. The lowest BCUT2D eigenvalue weighted by molar-refractivity contribution is 0.0718. The molecular weight excluding hydrogens is 208 g/mol. The number of likely N-dealkylation sites (tertiary alicyclic amines) is 1. The van der Waals surface area contributed by atoms with Crippen molar-refractivity contribution in [2.45, 2.75) is 66.0 Å². The lowest BCUT2D eigenvalue weighted by atomic mass is 9.90. The first-order valence-electron chi connectivity index (χ1n) is 7.48. The van der Waals surface area contributed by atoms with Gasteiger partial charge < -0.3 is 5.32 Å². The van der Waals surface area contributed by atoms with Crippen LogP contribution in [-0.4, -0.2) is 36.6 Å². The molecule has 0 aromatic rings. The summed E-state index contributed by atoms with van der Waals surface area (Å²) in [6, 6.07) is 1.50. The summed E-state index contributed by atoms with van der Waals surface area (Å²) in [5, 5.41) is 3.55. The van der Waals surface area contributed by atoms with Gasteiger partial charge in [-0.1, -0.05) is 20.8 Å². The zero-order valence-corrected chi connectivity index (χ0v) is 12.5. The van der Waals surface area contributed by atoms with Gasteiger partial charge in [-0.25, -0.2) is 0 Å². The van der Waals surface area contributed by atoms with Crippen LogP contribution in [0.2, 0.25) is 0 Å². The van der Waals surface area contributed by atoms with Crippen molar-refractivity contribution < 1.29 is 0 Å². The highest BCUT2D eigenvalue weighted by Crippen LogP contribution is 2.25. The monoisotopic (exact) mass is 240 g/mol. The maximum absolute atomic E-state index is 3.55. The van der Waals surface area contributed by atoms with Crippen molar-refractivity contribution in [1.29, 1.82) is 0 Å². The maximum Gasteiger partial charge on any atom is 0.00953 e. The summed E-state index contributed by atoms with van der Waals surface area (Å²) in [6.45, 7) is 15.4. The second-order valence-corrected chi connectivity index (χ2v) is 6.33. The van der Waals surface area contributed by atoms with Gasteiger partial charge in [0.1, 0.15) is 0 Å². The average molecular weight is 240 g/mol. The molecule has 1 rings (SSSR count). The van der Waals surface area contributed by atoms with Crippen LogP contribution in [0, 0.1) is 11.8 Å². The fourth-order valence-corrected chi connectivity index (χ4v) is 2.86. The number of nitrogens with zero attached hydrogens (tertiary/aromatic N) is 1. The molecule has 3 unspecified atom stereocenters. The van der Waals surface area contributed by atoms with Crippen LogP contribution in [0.5, 0.6) is 0 Å². The SMILES string of the molecule is CC(C)CNCCC(C)N1CCCC(C)C1C. The molecule has 17 heavy (non-hydrogen) atoms. The minimum absolute atomic E-state index is 0.729. The Hall–Kier alpha value is -0.0800. The average Bonchev–Trinajstić information content (AvgIpc) is 2.27. The Morgan fingerprint density at radius 1 is 1.24 bits per heavy atom. The van der Waals surface area contributed by atoms with Gasteiger partial charge in [0.05, 0.1) is 0 Å². The molecule has 2 heteroatoms. The molecule has 1 aliphatic rings. The van der Waals surface area contributed by atoms with Crippen LogP contribution in [0.15, 0.2) is 0 Å². The van der Waals surface area contributed by atoms with Gasteiger partial charge in [0, 0.05) is 12.1 Å². The van der Waals surface area contributed by atoms with Crippen molar-refractivity contribution in [1.82, 2.24) is 10.2 Å². The molecule has 0 saturated carbocycles. The first kappa shape index (κ1) is 15.0. The Kier molecular flexibility index (Phi) is 6.50. The van der Waals surface area contributed by atoms with Crippen LogP contribution < -0.4 is 5.32 Å². The van der Waals surface area contributed by atoms with Crippen LogP contribution in [-0.2, 0) is 0 Å². The lowest BCUT2D eigenvalue weighted by Gasteiger charge is -2.41. The van der Waals surface area contributed by atoms with Gasteiger partial charge in [0.25, 0.3) is 0 Å². The third kappa shape index (κ3) is 4.97. The zero-order chi connectivity index (χ0) is 12.8. The number of piperidine rings is 1. The van der Waals surface area contributed by atoms with Crippen LogP contribution in [0.3, 0.4) is 0 Å². The normalized spacial score (nSPS) is 28.6. The Morgan fingerprint density at radius 3 is 2.59 bits per heavy atom. The van der Waals surface area contributed by atoms with Crippen LogP contribution in [0.4, 0.5) is 0 Å². The van der Waals surface area contributed by atoms with Gasteiger partial charge in [-0.05, 0) is 64.6 Å². The molecule has 0 aliphatic carbocycles. The minimum Gasteiger partial charge on any atom is -0.316 e. The Bertz CT molecular complexity index is 203. The second-order valence-electron chi connectivity index (χ2n) is 6.33. The molecule has 3 atom stereocenters. The fraction of sp³-hybridized carbons (Fsp3) is 1.00. The highest BCUT2D eigenvalue weighted by molar-refractivity contribution is 4.82. The predicted octanol–water partition coefficient (Wildman–Crippen LogP) is 3.13. The third-order valence-corrected chi connectivity index (χ3v) is 4.28. The Labute approximate surface area is 108 Å². The van der Waals surface area contributed by atoms with E-state index in [9.17, 15) is 0 Å². The van der Waals surface area contributed by atoms with Crippen LogP contribution >= 0.6 is 0 Å². The highest BCUT2D eigenvalue weighted by atomic mass is 15.2. The molecule has 102 valence electrons. The molecule has 0 aromatic heterocycles. The largest absolute Gasteiger partial charge is 0.316 e. The molecule has 2 nitrogen and oxygen atoms in total. The first-order valence-corrected chi connectivity index (χ1v) is 7.48. The van der Waals surface area contributed by atoms with E-state index >= 15 is 0 Å². The molecule has 1 heterocycles. The fourth-order valence-electron chi connectivity index (χ4n) is 2.86. The van der Waals surface area contributed by atoms with Gasteiger partial charge in [0.15, 0.2) is 0 Å². The van der Waals surface area contributed by atoms with Crippen molar-refractivity contribution in [3.05, 3.63) is 0 Å². The van der Waals surface area contributed by atoms with E-state index in [-0.39, 0.29) is 0 Å². The summed E-state index contributed by atoms with van der Waals surface area (Å²) in [4.78, 5) is 2.71. The minimum atomic E-state index is 0.729. The quantitative estimate of drug-likeness (QED) is 0.718. The molecule has 0 bridgehead atoms. The van der Waals surface area contributed by atoms with E-state index in [0.29, 0.717) is 0 Å². The molecule has 1 N–H and O–H groups in total. The van der Waals surface area contributed by atoms with Crippen LogP contribution in [0.1, 0.15) is 53.9 Å². The molecule has 1 fully saturated rings. The first-order chi connectivity index (χ1) is 8.02. The molecule has 0 radical (unpaired) electrons. The maximum atomic E-state index is 3.55. The van der Waals surface area contributed by atoms with E-state index in [4.69, 9.17) is 0 Å². The van der Waals surface area contributed by atoms with Crippen molar-refractivity contribution in [3.8, 4) is 0 Å². The van der Waals surface area contributed by atoms with E-state index in [0.717, 1.165) is 37.0 Å². The van der Waals surface area contributed by atoms with Crippen LogP contribution in [0.25, 0.3) is 0 Å². The molecule has 1 saturated heterocycles. The van der Waals surface area contributed by atoms with Gasteiger partial charge in [0.2, 0.25) is 0 Å². The Balaban J connectivity index is 2.24. The molecule has 0 spiro atoms. The number of hydrogen-bond donors (Lipinski definition) is 1. The molecule has 0 amide bonds. The second kappa shape index (κ2) is 7.38. The summed E-state index contributed by atoms with van der Waals surface area (Å²) in [7, 11) is 0. The summed E-state index contributed by atoms with van der Waals surface area (Å²) in [5.74, 6) is 1.63. The summed E-state index contributed by atoms with van der Waals surface area (Å²) < 4.78 is 0. The van der Waals surface area contributed by atoms with E-state index < -0.39 is 0 Å². The van der Waals surface area contributed by atoms with E-state index in [2.05, 4.69) is 44.8 Å². The summed E-state index contributed by atoms with van der Waals surface area (Å²) in [5.41, 5.74) is 0. The topological polar surface area (TPSA) is 15.3 Å². The van der Waals surface area contributed by atoms with Gasteiger partial charge >= 0.3 is 0 Å². The summed E-state index contributed by atoms with van der Waals surface area (Å²) >= 11 is 0. The van der Waals surface area contributed by atoms with Gasteiger partial charge in [-0.2, -0.15) is 0 Å². The van der Waals surface area contributed by atoms with E-state index in [1.807, 2.05) is 0 Å². The third-order valence-electron chi connectivity index (χ3n) is 4.28. The highest BCUT2D eigenvalue weighted by Gasteiger charge is 2.27. The standard InChI is InChI=1S/C15H32N2/c1-12(2)11-16-9-8-14(4)17-10-6-7-13(3)15(17)5/h12-16H,6-11H2,1-5H3. The van der Waals surface area contributed by atoms with Crippen molar-refractivity contribution in [3.63, 3.8) is 0 Å². The molecule has 1 aliphatic heterocycles. The van der Waals surface area contributed by atoms with E-state index in [1.54, 1.807) is 0 Å². The number of rotatable bonds is 6. The van der Waals surface area contributed by atoms with Crippen molar-refractivity contribution in [2.24, 2.45) is 11.8 Å². The number of hydrogen-bond acceptors (Lipinski definition) is 2. The lowest BCUT2D eigenvalue weighted by Crippen LogP contribution is -2.48. The molecule has 0 aromatic carbocycles. The van der Waals surface area contributed by atoms with Gasteiger partial charge in [-0.15, -0.1) is 0 Å². The number of nitrogens with one attached hydrogen (secondary N) is 1. The molecular formula is C15H32N2. The van der Waals surface area contributed by atoms with Gasteiger partial charge in [-0.3, -0.25) is 4.90 Å². The zero-order valence-electron chi connectivity index (χ0n) is 12.5. The van der Waals surface area contributed by atoms with Crippen molar-refractivity contribution in [2.75, 3.05) is 19.6 Å².